The third-order valence-corrected chi connectivity index (χ3v) is 2.97. The van der Waals surface area contributed by atoms with Gasteiger partial charge in [0.2, 0.25) is 5.91 Å². The molecule has 0 saturated carbocycles. The van der Waals surface area contributed by atoms with Gasteiger partial charge in [-0.25, -0.2) is 0 Å². The van der Waals surface area contributed by atoms with Crippen LogP contribution in [0.4, 0.5) is 0 Å². The van der Waals surface area contributed by atoms with Crippen LogP contribution in [0.1, 0.15) is 44.7 Å². The molecule has 18 heavy (non-hydrogen) atoms. The van der Waals surface area contributed by atoms with Crippen LogP contribution in [0.2, 0.25) is 0 Å². The number of hydrogen-bond donors (Lipinski definition) is 2. The Balaban J connectivity index is 2.34. The standard InChI is InChI=1S/C15H24N2O/c1-3-5-11-16-15(18)12-17-14(4-2)13-9-7-6-8-10-13/h6-10,14,17H,3-5,11-12H2,1-2H3,(H,16,18). The minimum Gasteiger partial charge on any atom is -0.355 e. The fourth-order valence-electron chi connectivity index (χ4n) is 1.87. The van der Waals surface area contributed by atoms with Crippen molar-refractivity contribution in [2.45, 2.75) is 39.2 Å². The fraction of sp³-hybridized carbons (Fsp3) is 0.533. The second-order valence-corrected chi connectivity index (χ2v) is 4.46. The Morgan fingerprint density at radius 2 is 1.94 bits per heavy atom. The zero-order valence-corrected chi connectivity index (χ0v) is 11.4. The molecule has 1 unspecified atom stereocenters. The number of carbonyl (C=O) groups excluding carboxylic acids is 1. The summed E-state index contributed by atoms with van der Waals surface area (Å²) < 4.78 is 0. The van der Waals surface area contributed by atoms with Gasteiger partial charge in [0.15, 0.2) is 0 Å². The summed E-state index contributed by atoms with van der Waals surface area (Å²) in [5.41, 5.74) is 1.24. The molecule has 0 bridgehead atoms. The van der Waals surface area contributed by atoms with E-state index in [1.165, 1.54) is 5.56 Å². The molecule has 0 saturated heterocycles. The van der Waals surface area contributed by atoms with Gasteiger partial charge in [-0.2, -0.15) is 0 Å². The first-order valence-corrected chi connectivity index (χ1v) is 6.83. The first-order valence-electron chi connectivity index (χ1n) is 6.83. The lowest BCUT2D eigenvalue weighted by Gasteiger charge is -2.17. The van der Waals surface area contributed by atoms with Crippen LogP contribution >= 0.6 is 0 Å². The summed E-state index contributed by atoms with van der Waals surface area (Å²) in [6, 6.07) is 10.5. The molecule has 0 heterocycles. The average Bonchev–Trinajstić information content (AvgIpc) is 2.41. The van der Waals surface area contributed by atoms with E-state index in [1.54, 1.807) is 0 Å². The quantitative estimate of drug-likeness (QED) is 0.694. The predicted molar refractivity (Wildman–Crippen MR) is 75.4 cm³/mol. The summed E-state index contributed by atoms with van der Waals surface area (Å²) >= 11 is 0. The summed E-state index contributed by atoms with van der Waals surface area (Å²) in [5.74, 6) is 0.0813. The van der Waals surface area contributed by atoms with Gasteiger partial charge in [0.05, 0.1) is 6.54 Å². The minimum absolute atomic E-state index is 0.0813. The number of benzene rings is 1. The third kappa shape index (κ3) is 5.32. The number of nitrogens with one attached hydrogen (secondary N) is 2. The summed E-state index contributed by atoms with van der Waals surface area (Å²) in [5, 5.41) is 6.21. The molecule has 1 atom stereocenters. The number of amides is 1. The molecule has 100 valence electrons. The molecule has 0 fully saturated rings. The summed E-state index contributed by atoms with van der Waals surface area (Å²) in [6.07, 6.45) is 3.13. The van der Waals surface area contributed by atoms with E-state index in [1.807, 2.05) is 18.2 Å². The normalized spacial score (nSPS) is 12.1. The highest BCUT2D eigenvalue weighted by atomic mass is 16.1. The van der Waals surface area contributed by atoms with Crippen molar-refractivity contribution in [1.82, 2.24) is 10.6 Å². The summed E-state index contributed by atoms with van der Waals surface area (Å²) in [6.45, 7) is 5.41. The Morgan fingerprint density at radius 1 is 1.22 bits per heavy atom. The highest BCUT2D eigenvalue weighted by molar-refractivity contribution is 5.77. The molecule has 2 N–H and O–H groups in total. The first kappa shape index (κ1) is 14.7. The summed E-state index contributed by atoms with van der Waals surface area (Å²) in [4.78, 5) is 11.6. The van der Waals surface area contributed by atoms with Crippen LogP contribution in [0.3, 0.4) is 0 Å². The van der Waals surface area contributed by atoms with E-state index in [2.05, 4.69) is 36.6 Å². The molecular weight excluding hydrogens is 224 g/mol. The maximum atomic E-state index is 11.6. The molecule has 1 aromatic rings. The van der Waals surface area contributed by atoms with Gasteiger partial charge >= 0.3 is 0 Å². The van der Waals surface area contributed by atoms with Crippen LogP contribution in [-0.2, 0) is 4.79 Å². The van der Waals surface area contributed by atoms with Crippen molar-refractivity contribution >= 4 is 5.91 Å². The molecule has 1 aromatic carbocycles. The van der Waals surface area contributed by atoms with Gasteiger partial charge in [-0.05, 0) is 18.4 Å². The number of unbranched alkanes of at least 4 members (excludes halogenated alkanes) is 1. The van der Waals surface area contributed by atoms with Crippen molar-refractivity contribution in [3.8, 4) is 0 Å². The van der Waals surface area contributed by atoms with Gasteiger partial charge in [-0.3, -0.25) is 4.79 Å². The Kier molecular flexibility index (Phi) is 7.11. The minimum atomic E-state index is 0.0813. The van der Waals surface area contributed by atoms with E-state index in [0.29, 0.717) is 6.54 Å². The third-order valence-electron chi connectivity index (χ3n) is 2.97. The Labute approximate surface area is 110 Å². The van der Waals surface area contributed by atoms with Crippen LogP contribution < -0.4 is 10.6 Å². The monoisotopic (exact) mass is 248 g/mol. The van der Waals surface area contributed by atoms with E-state index in [0.717, 1.165) is 25.8 Å². The second kappa shape index (κ2) is 8.70. The molecule has 0 radical (unpaired) electrons. The zero-order chi connectivity index (χ0) is 13.2. The maximum Gasteiger partial charge on any atom is 0.233 e. The van der Waals surface area contributed by atoms with E-state index in [-0.39, 0.29) is 11.9 Å². The molecule has 3 heteroatoms. The van der Waals surface area contributed by atoms with Gasteiger partial charge in [0.1, 0.15) is 0 Å². The van der Waals surface area contributed by atoms with E-state index >= 15 is 0 Å². The van der Waals surface area contributed by atoms with Gasteiger partial charge < -0.3 is 10.6 Å². The average molecular weight is 248 g/mol. The topological polar surface area (TPSA) is 41.1 Å². The fourth-order valence-corrected chi connectivity index (χ4v) is 1.87. The zero-order valence-electron chi connectivity index (χ0n) is 11.4. The van der Waals surface area contributed by atoms with Crippen molar-refractivity contribution in [2.24, 2.45) is 0 Å². The molecule has 3 nitrogen and oxygen atoms in total. The molecular formula is C15H24N2O. The van der Waals surface area contributed by atoms with E-state index in [9.17, 15) is 4.79 Å². The summed E-state index contributed by atoms with van der Waals surface area (Å²) in [7, 11) is 0. The smallest absolute Gasteiger partial charge is 0.233 e. The Hall–Kier alpha value is -1.35. The lowest BCUT2D eigenvalue weighted by atomic mass is 10.0. The highest BCUT2D eigenvalue weighted by Gasteiger charge is 2.09. The predicted octanol–water partition coefficient (Wildman–Crippen LogP) is 2.64. The van der Waals surface area contributed by atoms with Crippen LogP contribution in [0.15, 0.2) is 30.3 Å². The second-order valence-electron chi connectivity index (χ2n) is 4.46. The number of carbonyl (C=O) groups is 1. The molecule has 0 spiro atoms. The molecule has 1 amide bonds. The highest BCUT2D eigenvalue weighted by Crippen LogP contribution is 2.15. The van der Waals surface area contributed by atoms with Crippen molar-refractivity contribution < 1.29 is 4.79 Å². The van der Waals surface area contributed by atoms with Gasteiger partial charge in [-0.1, -0.05) is 50.6 Å². The molecule has 0 aliphatic carbocycles. The van der Waals surface area contributed by atoms with Crippen LogP contribution in [0.5, 0.6) is 0 Å². The van der Waals surface area contributed by atoms with Crippen molar-refractivity contribution in [3.05, 3.63) is 35.9 Å². The van der Waals surface area contributed by atoms with Crippen molar-refractivity contribution in [1.29, 1.82) is 0 Å². The van der Waals surface area contributed by atoms with Crippen LogP contribution in [0.25, 0.3) is 0 Å². The largest absolute Gasteiger partial charge is 0.355 e. The van der Waals surface area contributed by atoms with Gasteiger partial charge in [0, 0.05) is 12.6 Å². The maximum absolute atomic E-state index is 11.6. The lowest BCUT2D eigenvalue weighted by Crippen LogP contribution is -2.36. The van der Waals surface area contributed by atoms with Gasteiger partial charge in [0.25, 0.3) is 0 Å². The number of rotatable bonds is 8. The van der Waals surface area contributed by atoms with Crippen molar-refractivity contribution in [2.75, 3.05) is 13.1 Å². The van der Waals surface area contributed by atoms with Crippen molar-refractivity contribution in [3.63, 3.8) is 0 Å². The van der Waals surface area contributed by atoms with E-state index < -0.39 is 0 Å². The Morgan fingerprint density at radius 3 is 2.56 bits per heavy atom. The van der Waals surface area contributed by atoms with Gasteiger partial charge in [-0.15, -0.1) is 0 Å². The number of hydrogen-bond acceptors (Lipinski definition) is 2. The molecule has 0 aromatic heterocycles. The SMILES string of the molecule is CCCCNC(=O)CNC(CC)c1ccccc1. The first-order chi connectivity index (χ1) is 8.77. The molecule has 0 aliphatic rings. The van der Waals surface area contributed by atoms with E-state index in [4.69, 9.17) is 0 Å². The lowest BCUT2D eigenvalue weighted by molar-refractivity contribution is -0.120. The van der Waals surface area contributed by atoms with Crippen LogP contribution in [-0.4, -0.2) is 19.0 Å². The van der Waals surface area contributed by atoms with Crippen LogP contribution in [0, 0.1) is 0 Å². The molecule has 1 rings (SSSR count). The molecule has 0 aliphatic heterocycles. The Bertz CT molecular complexity index is 338.